The summed E-state index contributed by atoms with van der Waals surface area (Å²) in [6, 6.07) is 16.7. The average Bonchev–Trinajstić information content (AvgIpc) is 2.50. The molecule has 2 aromatic rings. The number of anilines is 1. The molecule has 4 nitrogen and oxygen atoms in total. The highest BCUT2D eigenvalue weighted by atomic mass is 35.5. The number of rotatable bonds is 6. The van der Waals surface area contributed by atoms with Gasteiger partial charge in [0.05, 0.1) is 6.04 Å². The van der Waals surface area contributed by atoms with Crippen LogP contribution in [0.5, 0.6) is 0 Å². The molecule has 2 unspecified atom stereocenters. The van der Waals surface area contributed by atoms with Crippen LogP contribution < -0.4 is 10.6 Å². The summed E-state index contributed by atoms with van der Waals surface area (Å²) in [4.78, 5) is 9.23. The fraction of sp³-hybridized carbons (Fsp3) is 0.188. The first-order valence-electron chi connectivity index (χ1n) is 7.03. The minimum absolute atomic E-state index is 0.120. The number of benzene rings is 2. The number of halogens is 1. The van der Waals surface area contributed by atoms with Crippen LogP contribution in [-0.4, -0.2) is 22.2 Å². The first-order chi connectivity index (χ1) is 11.0. The molecule has 0 bridgehead atoms. The van der Waals surface area contributed by atoms with Gasteiger partial charge in [0.15, 0.2) is 11.3 Å². The Hall–Kier alpha value is -1.52. The summed E-state index contributed by atoms with van der Waals surface area (Å²) in [5.41, 5.74) is 1.88. The lowest BCUT2D eigenvalue weighted by molar-refractivity contribution is 0.493. The molecule has 0 spiro atoms. The van der Waals surface area contributed by atoms with Gasteiger partial charge in [0.25, 0.3) is 0 Å². The Morgan fingerprint density at radius 2 is 1.83 bits per heavy atom. The molecule has 120 valence electrons. The Balaban J connectivity index is 1.98. The second-order valence-electron chi connectivity index (χ2n) is 5.03. The van der Waals surface area contributed by atoms with Crippen LogP contribution in [0.15, 0.2) is 54.6 Å². The molecule has 0 amide bonds. The van der Waals surface area contributed by atoms with Crippen molar-refractivity contribution >= 4 is 42.6 Å². The molecule has 23 heavy (non-hydrogen) atoms. The molecular formula is C16H17ClN2O2PS+. The van der Waals surface area contributed by atoms with Crippen LogP contribution in [0.25, 0.3) is 0 Å². The summed E-state index contributed by atoms with van der Waals surface area (Å²) >= 11 is 11.2. The Bertz CT molecular complexity index is 668. The standard InChI is InChI=1S/C16H16ClN2O2PS/c17-13-8-6-12(7-9-13)10-15(11-22(20)21)19-16(23)18-14-4-2-1-3-5-14/h1-9,15H,10-11H2,(H2-,18,19,20,21,23)/p+1. The van der Waals surface area contributed by atoms with E-state index in [-0.39, 0.29) is 12.2 Å². The highest BCUT2D eigenvalue weighted by Gasteiger charge is 2.22. The summed E-state index contributed by atoms with van der Waals surface area (Å²) in [7, 11) is -2.26. The third-order valence-corrected chi connectivity index (χ3v) is 4.36. The van der Waals surface area contributed by atoms with Crippen LogP contribution in [0.4, 0.5) is 5.69 Å². The van der Waals surface area contributed by atoms with Crippen molar-refractivity contribution in [3.8, 4) is 0 Å². The lowest BCUT2D eigenvalue weighted by Gasteiger charge is -2.17. The monoisotopic (exact) mass is 367 g/mol. The number of thiocarbonyl (C=S) groups is 1. The Labute approximate surface area is 146 Å². The van der Waals surface area contributed by atoms with E-state index in [1.165, 1.54) is 0 Å². The quantitative estimate of drug-likeness (QED) is 0.532. The predicted molar refractivity (Wildman–Crippen MR) is 99.4 cm³/mol. The fourth-order valence-electron chi connectivity index (χ4n) is 2.13. The van der Waals surface area contributed by atoms with E-state index in [0.29, 0.717) is 16.6 Å². The number of hydrogen-bond donors (Lipinski definition) is 3. The van der Waals surface area contributed by atoms with Crippen molar-refractivity contribution in [2.24, 2.45) is 0 Å². The van der Waals surface area contributed by atoms with Crippen molar-refractivity contribution in [2.75, 3.05) is 11.5 Å². The molecule has 2 rings (SSSR count). The van der Waals surface area contributed by atoms with Gasteiger partial charge in [-0.25, -0.2) is 0 Å². The van der Waals surface area contributed by atoms with Gasteiger partial charge >= 0.3 is 8.03 Å². The van der Waals surface area contributed by atoms with Gasteiger partial charge in [0, 0.05) is 10.7 Å². The molecule has 0 heterocycles. The smallest absolute Gasteiger partial charge is 0.355 e. The maximum atomic E-state index is 11.2. The third kappa shape index (κ3) is 6.63. The molecule has 0 aliphatic rings. The molecule has 0 fully saturated rings. The molecule has 0 aromatic heterocycles. The SMILES string of the molecule is O=[P+](O)CC(Cc1ccc(Cl)cc1)NC(=S)Nc1ccccc1. The van der Waals surface area contributed by atoms with Crippen LogP contribution in [0.1, 0.15) is 5.56 Å². The summed E-state index contributed by atoms with van der Waals surface area (Å²) in [5.74, 6) is 0. The lowest BCUT2D eigenvalue weighted by atomic mass is 10.1. The molecule has 0 radical (unpaired) electrons. The molecule has 0 aliphatic heterocycles. The van der Waals surface area contributed by atoms with Gasteiger partial charge in [-0.2, -0.15) is 4.89 Å². The number of nitrogens with one attached hydrogen (secondary N) is 2. The zero-order valence-corrected chi connectivity index (χ0v) is 14.7. The Kier molecular flexibility index (Phi) is 6.93. The van der Waals surface area contributed by atoms with Crippen molar-refractivity contribution in [2.45, 2.75) is 12.5 Å². The molecule has 0 aliphatic carbocycles. The van der Waals surface area contributed by atoms with Crippen molar-refractivity contribution in [3.63, 3.8) is 0 Å². The molecule has 2 atom stereocenters. The number of hydrogen-bond acceptors (Lipinski definition) is 2. The van der Waals surface area contributed by atoms with Crippen LogP contribution in [-0.2, 0) is 11.0 Å². The van der Waals surface area contributed by atoms with Crippen molar-refractivity contribution in [1.29, 1.82) is 0 Å². The second kappa shape index (κ2) is 8.94. The topological polar surface area (TPSA) is 61.4 Å². The first kappa shape index (κ1) is 17.8. The van der Waals surface area contributed by atoms with Crippen LogP contribution in [0.3, 0.4) is 0 Å². The molecule has 2 aromatic carbocycles. The van der Waals surface area contributed by atoms with Gasteiger partial charge in [-0.3, -0.25) is 0 Å². The molecule has 0 saturated heterocycles. The van der Waals surface area contributed by atoms with E-state index in [1.807, 2.05) is 42.5 Å². The highest BCUT2D eigenvalue weighted by molar-refractivity contribution is 7.80. The van der Waals surface area contributed by atoms with Gasteiger partial charge in [0.1, 0.15) is 0 Å². The van der Waals surface area contributed by atoms with E-state index < -0.39 is 8.03 Å². The fourth-order valence-corrected chi connectivity index (χ4v) is 3.14. The normalized spacial score (nSPS) is 12.3. The van der Waals surface area contributed by atoms with E-state index in [1.54, 1.807) is 12.1 Å². The second-order valence-corrected chi connectivity index (χ2v) is 6.94. The van der Waals surface area contributed by atoms with Gasteiger partial charge in [-0.05, 0) is 53.0 Å². The highest BCUT2D eigenvalue weighted by Crippen LogP contribution is 2.18. The zero-order valence-electron chi connectivity index (χ0n) is 12.3. The number of para-hydroxylation sites is 1. The lowest BCUT2D eigenvalue weighted by Crippen LogP contribution is -2.40. The van der Waals surface area contributed by atoms with Crippen molar-refractivity contribution < 1.29 is 9.46 Å². The van der Waals surface area contributed by atoms with Gasteiger partial charge in [-0.1, -0.05) is 41.9 Å². The Morgan fingerprint density at radius 3 is 2.43 bits per heavy atom. The van der Waals surface area contributed by atoms with E-state index >= 15 is 0 Å². The van der Waals surface area contributed by atoms with Gasteiger partial charge < -0.3 is 10.6 Å². The summed E-state index contributed by atoms with van der Waals surface area (Å²) in [6.07, 6.45) is 0.698. The first-order valence-corrected chi connectivity index (χ1v) is 9.22. The zero-order chi connectivity index (χ0) is 16.7. The molecular weight excluding hydrogens is 351 g/mol. The average molecular weight is 368 g/mol. The van der Waals surface area contributed by atoms with E-state index in [0.717, 1.165) is 11.3 Å². The van der Waals surface area contributed by atoms with Crippen molar-refractivity contribution in [1.82, 2.24) is 5.32 Å². The molecule has 3 N–H and O–H groups in total. The summed E-state index contributed by atoms with van der Waals surface area (Å²) < 4.78 is 11.2. The van der Waals surface area contributed by atoms with Crippen molar-refractivity contribution in [3.05, 3.63) is 65.2 Å². The largest absolute Gasteiger partial charge is 0.507 e. The molecule has 7 heteroatoms. The van der Waals surface area contributed by atoms with Gasteiger partial charge in [-0.15, -0.1) is 0 Å². The van der Waals surface area contributed by atoms with E-state index in [9.17, 15) is 9.46 Å². The van der Waals surface area contributed by atoms with Crippen LogP contribution in [0.2, 0.25) is 5.02 Å². The summed E-state index contributed by atoms with van der Waals surface area (Å²) in [6.45, 7) is 0. The van der Waals surface area contributed by atoms with Crippen LogP contribution >= 0.6 is 31.8 Å². The molecule has 0 saturated carbocycles. The Morgan fingerprint density at radius 1 is 1.17 bits per heavy atom. The van der Waals surface area contributed by atoms with Crippen LogP contribution in [0, 0.1) is 0 Å². The van der Waals surface area contributed by atoms with Gasteiger partial charge in [0.2, 0.25) is 0 Å². The summed E-state index contributed by atoms with van der Waals surface area (Å²) in [5, 5.41) is 7.25. The third-order valence-electron chi connectivity index (χ3n) is 3.14. The maximum Gasteiger partial charge on any atom is 0.507 e. The van der Waals surface area contributed by atoms with E-state index in [2.05, 4.69) is 10.6 Å². The predicted octanol–water partition coefficient (Wildman–Crippen LogP) is 3.97. The van der Waals surface area contributed by atoms with E-state index in [4.69, 9.17) is 23.8 Å². The minimum atomic E-state index is -2.26. The minimum Gasteiger partial charge on any atom is -0.355 e. The maximum absolute atomic E-state index is 11.2.